The number of rotatable bonds is 8. The first-order valence-corrected chi connectivity index (χ1v) is 11.7. The fourth-order valence-electron chi connectivity index (χ4n) is 3.95. The summed E-state index contributed by atoms with van der Waals surface area (Å²) in [5.74, 6) is -0.660. The lowest BCUT2D eigenvalue weighted by Gasteiger charge is -2.39. The van der Waals surface area contributed by atoms with E-state index < -0.39 is 30.2 Å². The van der Waals surface area contributed by atoms with E-state index in [9.17, 15) is 13.9 Å². The molecule has 1 fully saturated rings. The molecule has 2 aromatic heterocycles. The maximum Gasteiger partial charge on any atom is 0.164 e. The minimum Gasteiger partial charge on any atom is -0.393 e. The van der Waals surface area contributed by atoms with Gasteiger partial charge in [0.05, 0.1) is 6.61 Å². The lowest BCUT2D eigenvalue weighted by atomic mass is 9.79. The van der Waals surface area contributed by atoms with Crippen molar-refractivity contribution in [2.24, 2.45) is 4.99 Å². The largest absolute Gasteiger partial charge is 0.393 e. The Morgan fingerprint density at radius 1 is 1.58 bits per heavy atom. The lowest BCUT2D eigenvalue weighted by molar-refractivity contribution is -0.0849. The van der Waals surface area contributed by atoms with Gasteiger partial charge in [0.15, 0.2) is 17.8 Å². The van der Waals surface area contributed by atoms with Crippen molar-refractivity contribution in [3.8, 4) is 0 Å². The highest BCUT2D eigenvalue weighted by atomic mass is 127. The van der Waals surface area contributed by atoms with Gasteiger partial charge in [-0.15, -0.1) is 0 Å². The van der Waals surface area contributed by atoms with Crippen LogP contribution in [0.3, 0.4) is 0 Å². The minimum atomic E-state index is -1.75. The molecule has 168 valence electrons. The molecule has 0 aromatic carbocycles. The van der Waals surface area contributed by atoms with Crippen LogP contribution in [0.1, 0.15) is 43.7 Å². The first-order chi connectivity index (χ1) is 14.8. The zero-order chi connectivity index (χ0) is 22.6. The maximum atomic E-state index is 14.6. The average molecular weight is 544 g/mol. The number of aliphatic imine (C=N–C) groups is 1. The summed E-state index contributed by atoms with van der Waals surface area (Å²) < 4.78 is 29.5. The summed E-state index contributed by atoms with van der Waals surface area (Å²) in [6.07, 6.45) is 4.38. The molecule has 0 bridgehead atoms. The van der Waals surface area contributed by atoms with Crippen molar-refractivity contribution >= 4 is 39.3 Å². The fourth-order valence-corrected chi connectivity index (χ4v) is 4.37. The number of alkyl halides is 2. The number of nitrogens with zero attached hydrogens (tertiary/aromatic N) is 2. The molecule has 9 heteroatoms. The highest BCUT2D eigenvalue weighted by Gasteiger charge is 2.41. The molecule has 1 aliphatic carbocycles. The van der Waals surface area contributed by atoms with Crippen molar-refractivity contribution < 1.29 is 19.0 Å². The molecule has 3 rings (SSSR count). The van der Waals surface area contributed by atoms with E-state index in [1.165, 1.54) is 0 Å². The minimum absolute atomic E-state index is 0.0199. The number of hydrogen-bond donors (Lipinski definition) is 4. The molecule has 2 heterocycles. The molecule has 4 N–H and O–H groups in total. The first kappa shape index (κ1) is 23.8. The summed E-state index contributed by atoms with van der Waals surface area (Å²) in [7, 11) is 0. The van der Waals surface area contributed by atoms with E-state index in [0.29, 0.717) is 18.6 Å². The van der Waals surface area contributed by atoms with E-state index in [1.807, 2.05) is 6.07 Å². The van der Waals surface area contributed by atoms with Crippen molar-refractivity contribution in [1.82, 2.24) is 15.3 Å². The highest BCUT2D eigenvalue weighted by Crippen LogP contribution is 2.33. The topological polar surface area (TPSA) is 93.5 Å². The summed E-state index contributed by atoms with van der Waals surface area (Å²) in [6.45, 7) is 4.51. The van der Waals surface area contributed by atoms with Gasteiger partial charge in [-0.1, -0.05) is 29.2 Å². The Morgan fingerprint density at radius 2 is 2.35 bits per heavy atom. The molecule has 1 unspecified atom stereocenters. The number of hydrogen-bond acceptors (Lipinski definition) is 5. The summed E-state index contributed by atoms with van der Waals surface area (Å²) in [5, 5.41) is 23.6. The Morgan fingerprint density at radius 3 is 3.03 bits per heavy atom. The van der Waals surface area contributed by atoms with Crippen LogP contribution in [-0.2, 0) is 4.43 Å². The summed E-state index contributed by atoms with van der Waals surface area (Å²) in [5.41, 5.74) is 1.52. The first-order valence-electron chi connectivity index (χ1n) is 10.1. The molecule has 0 spiro atoms. The van der Waals surface area contributed by atoms with E-state index in [-0.39, 0.29) is 18.7 Å². The van der Waals surface area contributed by atoms with Gasteiger partial charge < -0.3 is 20.5 Å². The van der Waals surface area contributed by atoms with Gasteiger partial charge in [0.1, 0.15) is 11.2 Å². The van der Waals surface area contributed by atoms with Crippen LogP contribution in [0, 0.1) is 0 Å². The number of aromatic amines is 1. The quantitative estimate of drug-likeness (QED) is 0.173. The molecule has 31 heavy (non-hydrogen) atoms. The number of aromatic nitrogens is 2. The van der Waals surface area contributed by atoms with E-state index in [1.54, 1.807) is 19.3 Å². The van der Waals surface area contributed by atoms with Crippen molar-refractivity contribution in [2.75, 3.05) is 6.61 Å². The predicted octanol–water partition coefficient (Wildman–Crippen LogP) is 4.23. The van der Waals surface area contributed by atoms with Crippen LogP contribution in [0.25, 0.3) is 11.0 Å². The number of pyridine rings is 1. The Kier molecular flexibility index (Phi) is 7.82. The van der Waals surface area contributed by atoms with E-state index >= 15 is 0 Å². The van der Waals surface area contributed by atoms with Crippen molar-refractivity contribution in [3.05, 3.63) is 53.9 Å². The van der Waals surface area contributed by atoms with Crippen LogP contribution in [0.5, 0.6) is 0 Å². The van der Waals surface area contributed by atoms with E-state index in [4.69, 9.17) is 5.11 Å². The Bertz CT molecular complexity index is 1010. The number of halogens is 3. The molecule has 1 saturated carbocycles. The molecule has 6 nitrogen and oxygen atoms in total. The second kappa shape index (κ2) is 10.2. The van der Waals surface area contributed by atoms with Gasteiger partial charge in [-0.25, -0.2) is 18.8 Å². The van der Waals surface area contributed by atoms with Gasteiger partial charge in [0.25, 0.3) is 0 Å². The maximum absolute atomic E-state index is 14.6. The molecule has 1 aliphatic rings. The molecule has 0 amide bonds. The monoisotopic (exact) mass is 544 g/mol. The number of aliphatic hydroxyl groups excluding tert-OH is 1. The second-order valence-electron chi connectivity index (χ2n) is 7.86. The number of aliphatic hydroxyl groups is 2. The Hall–Kier alpha value is -1.85. The zero-order valence-corrected chi connectivity index (χ0v) is 19.5. The zero-order valence-electron chi connectivity index (χ0n) is 17.3. The normalized spacial score (nSPS) is 24.1. The van der Waals surface area contributed by atoms with Gasteiger partial charge in [-0.05, 0) is 50.3 Å². The van der Waals surface area contributed by atoms with Gasteiger partial charge in [0.2, 0.25) is 0 Å². The summed E-state index contributed by atoms with van der Waals surface area (Å²) in [6, 6.07) is 1.63. The second-order valence-corrected chi connectivity index (χ2v) is 8.63. The number of fused-ring (bicyclic) bond motifs is 1. The van der Waals surface area contributed by atoms with Crippen molar-refractivity contribution in [2.45, 2.75) is 54.8 Å². The van der Waals surface area contributed by atoms with Gasteiger partial charge in [-0.3, -0.25) is 0 Å². The smallest absolute Gasteiger partial charge is 0.164 e. The standard InChI is InChI=1S/C22H27F2IN4O2/c1-3-18(23)21(29-15-5-4-6-22(31,8-15)19(24)12-30)28-13(2)17-11-27-20-16(17)7-14(9-25)10-26-20/h3,7,10-11,15,19,29-31H,1,4-6,8-9,12H2,2H3,(H,26,27)/b21-18-,28-13?/t15-,19?,22+/m1/s1. The molecular weight excluding hydrogens is 517 g/mol. The van der Waals surface area contributed by atoms with Crippen LogP contribution >= 0.6 is 22.6 Å². The van der Waals surface area contributed by atoms with Crippen molar-refractivity contribution in [1.29, 1.82) is 0 Å². The van der Waals surface area contributed by atoms with E-state index in [0.717, 1.165) is 32.7 Å². The molecule has 0 saturated heterocycles. The number of nitrogens with one attached hydrogen (secondary N) is 2. The average Bonchev–Trinajstić information content (AvgIpc) is 3.20. The Labute approximate surface area is 193 Å². The molecule has 0 radical (unpaired) electrons. The van der Waals surface area contributed by atoms with E-state index in [2.05, 4.69) is 49.4 Å². The SMILES string of the molecule is C=C/C(F)=C(\N=C(C)c1c[nH]c2ncc(CI)cc12)N[C@@H]1CCC[C@@](O)(C(F)CO)C1. The number of H-pyrrole nitrogens is 1. The van der Waals surface area contributed by atoms with Crippen LogP contribution in [0.2, 0.25) is 0 Å². The summed E-state index contributed by atoms with van der Waals surface area (Å²) >= 11 is 2.27. The predicted molar refractivity (Wildman–Crippen MR) is 127 cm³/mol. The fraction of sp³-hybridized carbons (Fsp3) is 0.455. The third-order valence-corrected chi connectivity index (χ3v) is 6.54. The molecular formula is C22H27F2IN4O2. The van der Waals surface area contributed by atoms with Crippen LogP contribution in [-0.4, -0.2) is 50.3 Å². The molecule has 0 aliphatic heterocycles. The molecule has 2 aromatic rings. The highest BCUT2D eigenvalue weighted by molar-refractivity contribution is 14.1. The van der Waals surface area contributed by atoms with Crippen LogP contribution in [0.15, 0.2) is 47.8 Å². The van der Waals surface area contributed by atoms with Gasteiger partial charge in [0, 0.05) is 39.5 Å². The summed E-state index contributed by atoms with van der Waals surface area (Å²) in [4.78, 5) is 12.0. The lowest BCUT2D eigenvalue weighted by Crippen LogP contribution is -2.50. The number of allylic oxidation sites excluding steroid dienone is 2. The van der Waals surface area contributed by atoms with Crippen molar-refractivity contribution in [3.63, 3.8) is 0 Å². The van der Waals surface area contributed by atoms with Gasteiger partial charge in [-0.2, -0.15) is 0 Å². The third-order valence-electron chi connectivity index (χ3n) is 5.66. The van der Waals surface area contributed by atoms with Gasteiger partial charge >= 0.3 is 0 Å². The molecule has 3 atom stereocenters. The van der Waals surface area contributed by atoms with Crippen LogP contribution in [0.4, 0.5) is 8.78 Å². The Balaban J connectivity index is 1.89. The van der Waals surface area contributed by atoms with Crippen LogP contribution < -0.4 is 5.32 Å². The third kappa shape index (κ3) is 5.32.